The Bertz CT molecular complexity index is 304. The van der Waals surface area contributed by atoms with Crippen LogP contribution < -0.4 is 0 Å². The zero-order chi connectivity index (χ0) is 14.5. The van der Waals surface area contributed by atoms with Crippen LogP contribution in [0.15, 0.2) is 0 Å². The number of rotatable bonds is 4. The highest BCUT2D eigenvalue weighted by Crippen LogP contribution is 2.43. The number of ether oxygens (including phenoxy) is 2. The highest BCUT2D eigenvalue weighted by Gasteiger charge is 2.63. The predicted molar refractivity (Wildman–Crippen MR) is 63.6 cm³/mol. The third kappa shape index (κ3) is 3.61. The summed E-state index contributed by atoms with van der Waals surface area (Å²) in [6.45, 7) is 1.93. The SMILES string of the molecule is CCCC[C@@H]1CCCO[C@@](C(=O)OC)(C(F)(F)F)C1. The molecule has 1 aliphatic rings. The van der Waals surface area contributed by atoms with E-state index in [2.05, 4.69) is 4.74 Å². The minimum atomic E-state index is -4.74. The minimum absolute atomic E-state index is 0.0583. The molecule has 1 heterocycles. The number of halogens is 3. The number of hydrogen-bond donors (Lipinski definition) is 0. The maximum Gasteiger partial charge on any atom is 0.428 e. The van der Waals surface area contributed by atoms with Gasteiger partial charge in [-0.2, -0.15) is 13.2 Å². The van der Waals surface area contributed by atoms with Crippen LogP contribution in [0.1, 0.15) is 45.4 Å². The van der Waals surface area contributed by atoms with E-state index in [-0.39, 0.29) is 18.9 Å². The quantitative estimate of drug-likeness (QED) is 0.741. The zero-order valence-electron chi connectivity index (χ0n) is 11.4. The fourth-order valence-corrected chi connectivity index (χ4v) is 2.55. The molecule has 0 aromatic rings. The summed E-state index contributed by atoms with van der Waals surface area (Å²) in [6.07, 6.45) is -1.39. The van der Waals surface area contributed by atoms with Gasteiger partial charge >= 0.3 is 12.1 Å². The number of methoxy groups -OCH3 is 1. The van der Waals surface area contributed by atoms with Gasteiger partial charge in [-0.05, 0) is 25.2 Å². The van der Waals surface area contributed by atoms with Crippen LogP contribution in [0.2, 0.25) is 0 Å². The lowest BCUT2D eigenvalue weighted by Crippen LogP contribution is -2.55. The molecule has 0 amide bonds. The second kappa shape index (κ2) is 6.59. The summed E-state index contributed by atoms with van der Waals surface area (Å²) in [7, 11) is 0.963. The zero-order valence-corrected chi connectivity index (χ0v) is 11.4. The molecule has 0 aromatic carbocycles. The van der Waals surface area contributed by atoms with Crippen LogP contribution in [-0.2, 0) is 14.3 Å². The van der Waals surface area contributed by atoms with Gasteiger partial charge in [-0.3, -0.25) is 0 Å². The van der Waals surface area contributed by atoms with Gasteiger partial charge in [0.2, 0.25) is 0 Å². The van der Waals surface area contributed by atoms with Gasteiger partial charge in [0.15, 0.2) is 0 Å². The molecule has 6 heteroatoms. The third-order valence-corrected chi connectivity index (χ3v) is 3.62. The number of esters is 1. The second-order valence-corrected chi connectivity index (χ2v) is 5.02. The maximum atomic E-state index is 13.3. The summed E-state index contributed by atoms with van der Waals surface area (Å²) in [4.78, 5) is 11.6. The van der Waals surface area contributed by atoms with Crippen LogP contribution in [0.4, 0.5) is 13.2 Å². The molecule has 1 fully saturated rings. The Morgan fingerprint density at radius 2 is 2.16 bits per heavy atom. The lowest BCUT2D eigenvalue weighted by Gasteiger charge is -2.33. The maximum absolute atomic E-state index is 13.3. The largest absolute Gasteiger partial charge is 0.467 e. The van der Waals surface area contributed by atoms with Crippen LogP contribution in [0.3, 0.4) is 0 Å². The Kier molecular flexibility index (Phi) is 5.64. The highest BCUT2D eigenvalue weighted by atomic mass is 19.4. The van der Waals surface area contributed by atoms with Gasteiger partial charge in [-0.25, -0.2) is 4.79 Å². The van der Waals surface area contributed by atoms with Gasteiger partial charge in [0.25, 0.3) is 5.60 Å². The monoisotopic (exact) mass is 282 g/mol. The first-order chi connectivity index (χ1) is 8.87. The molecular formula is C13H21F3O3. The van der Waals surface area contributed by atoms with Gasteiger partial charge < -0.3 is 9.47 Å². The molecule has 1 saturated heterocycles. The topological polar surface area (TPSA) is 35.5 Å². The van der Waals surface area contributed by atoms with E-state index in [9.17, 15) is 18.0 Å². The van der Waals surface area contributed by atoms with E-state index >= 15 is 0 Å². The minimum Gasteiger partial charge on any atom is -0.467 e. The molecule has 3 nitrogen and oxygen atoms in total. The number of carbonyl (C=O) groups is 1. The van der Waals surface area contributed by atoms with Crippen molar-refractivity contribution < 1.29 is 27.4 Å². The number of hydrogen-bond acceptors (Lipinski definition) is 3. The predicted octanol–water partition coefficient (Wildman–Crippen LogP) is 3.47. The van der Waals surface area contributed by atoms with Crippen molar-refractivity contribution in [2.75, 3.05) is 13.7 Å². The molecule has 0 N–H and O–H groups in total. The molecule has 19 heavy (non-hydrogen) atoms. The molecule has 0 bridgehead atoms. The van der Waals surface area contributed by atoms with Crippen LogP contribution in [0.5, 0.6) is 0 Å². The normalized spacial score (nSPS) is 28.8. The fourth-order valence-electron chi connectivity index (χ4n) is 2.55. The van der Waals surface area contributed by atoms with Gasteiger partial charge in [0.05, 0.1) is 7.11 Å². The molecule has 1 rings (SSSR count). The first kappa shape index (κ1) is 16.3. The average Bonchev–Trinajstić information content (AvgIpc) is 2.58. The van der Waals surface area contributed by atoms with Gasteiger partial charge in [0, 0.05) is 6.61 Å². The summed E-state index contributed by atoms with van der Waals surface area (Å²) in [5.74, 6) is -1.48. The van der Waals surface area contributed by atoms with E-state index in [1.54, 1.807) is 0 Å². The standard InChI is InChI=1S/C13H21F3O3/c1-3-4-6-10-7-5-8-19-12(9-10,11(17)18-2)13(14,15)16/h10H,3-9H2,1-2H3/t10-,12+/m1/s1. The molecular weight excluding hydrogens is 261 g/mol. The first-order valence-corrected chi connectivity index (χ1v) is 6.66. The lowest BCUT2D eigenvalue weighted by molar-refractivity contribution is -0.278. The van der Waals surface area contributed by atoms with Crippen molar-refractivity contribution in [3.8, 4) is 0 Å². The number of alkyl halides is 3. The fraction of sp³-hybridized carbons (Fsp3) is 0.923. The van der Waals surface area contributed by atoms with Crippen LogP contribution in [0.25, 0.3) is 0 Å². The number of unbranched alkanes of at least 4 members (excludes halogenated alkanes) is 1. The summed E-state index contributed by atoms with van der Waals surface area (Å²) in [5, 5.41) is 0. The van der Waals surface area contributed by atoms with Gasteiger partial charge in [-0.1, -0.05) is 26.2 Å². The van der Waals surface area contributed by atoms with Gasteiger partial charge in [-0.15, -0.1) is 0 Å². The number of carbonyl (C=O) groups excluding carboxylic acids is 1. The summed E-state index contributed by atoms with van der Waals surface area (Å²) in [5.41, 5.74) is -2.78. The van der Waals surface area contributed by atoms with Crippen molar-refractivity contribution >= 4 is 5.97 Å². The Morgan fingerprint density at radius 3 is 2.68 bits per heavy atom. The van der Waals surface area contributed by atoms with Crippen molar-refractivity contribution in [1.29, 1.82) is 0 Å². The molecule has 0 aliphatic carbocycles. The highest BCUT2D eigenvalue weighted by molar-refractivity contribution is 5.80. The van der Waals surface area contributed by atoms with Crippen molar-refractivity contribution in [1.82, 2.24) is 0 Å². The van der Waals surface area contributed by atoms with Crippen molar-refractivity contribution in [2.24, 2.45) is 5.92 Å². The van der Waals surface area contributed by atoms with Gasteiger partial charge in [0.1, 0.15) is 0 Å². The van der Waals surface area contributed by atoms with Crippen molar-refractivity contribution in [3.05, 3.63) is 0 Å². The van der Waals surface area contributed by atoms with Crippen LogP contribution >= 0.6 is 0 Å². The summed E-state index contributed by atoms with van der Waals surface area (Å²) >= 11 is 0. The Morgan fingerprint density at radius 1 is 1.47 bits per heavy atom. The van der Waals surface area contributed by atoms with E-state index in [1.165, 1.54) is 0 Å². The average molecular weight is 282 g/mol. The van der Waals surface area contributed by atoms with Crippen LogP contribution in [-0.4, -0.2) is 31.5 Å². The Labute approximate surface area is 111 Å². The summed E-state index contributed by atoms with van der Waals surface area (Å²) < 4.78 is 49.1. The van der Waals surface area contributed by atoms with E-state index in [0.717, 1.165) is 20.0 Å². The van der Waals surface area contributed by atoms with E-state index in [4.69, 9.17) is 4.74 Å². The molecule has 0 spiro atoms. The van der Waals surface area contributed by atoms with Crippen molar-refractivity contribution in [3.63, 3.8) is 0 Å². The van der Waals surface area contributed by atoms with E-state index in [1.807, 2.05) is 6.92 Å². The summed E-state index contributed by atoms with van der Waals surface area (Å²) in [6, 6.07) is 0. The Balaban J connectivity index is 2.96. The smallest absolute Gasteiger partial charge is 0.428 e. The molecule has 0 radical (unpaired) electrons. The van der Waals surface area contributed by atoms with Crippen molar-refractivity contribution in [2.45, 2.75) is 57.2 Å². The van der Waals surface area contributed by atoms with E-state index < -0.39 is 17.7 Å². The molecule has 0 saturated carbocycles. The lowest BCUT2D eigenvalue weighted by atomic mass is 9.85. The molecule has 1 aliphatic heterocycles. The Hall–Kier alpha value is -0.780. The second-order valence-electron chi connectivity index (χ2n) is 5.02. The molecule has 112 valence electrons. The van der Waals surface area contributed by atoms with E-state index in [0.29, 0.717) is 19.3 Å². The molecule has 2 atom stereocenters. The third-order valence-electron chi connectivity index (χ3n) is 3.62. The first-order valence-electron chi connectivity index (χ1n) is 6.66. The molecule has 0 aromatic heterocycles. The molecule has 0 unspecified atom stereocenters. The van der Waals surface area contributed by atoms with Crippen LogP contribution in [0, 0.1) is 5.92 Å².